The summed E-state index contributed by atoms with van der Waals surface area (Å²) in [5.41, 5.74) is 12.4. The minimum Gasteiger partial charge on any atom is -0.457 e. The van der Waals surface area contributed by atoms with E-state index in [4.69, 9.17) is 9.84 Å². The average Bonchev–Trinajstić information content (AvgIpc) is 3.72. The Morgan fingerprint density at radius 2 is 1.26 bits per heavy atom. The van der Waals surface area contributed by atoms with Crippen LogP contribution in [0, 0.1) is 26.6 Å². The lowest BCUT2D eigenvalue weighted by Crippen LogP contribution is -2.01. The molecule has 0 saturated carbocycles. The van der Waals surface area contributed by atoms with Crippen LogP contribution in [0.1, 0.15) is 16.7 Å². The third-order valence-corrected chi connectivity index (χ3v) is 9.81. The van der Waals surface area contributed by atoms with Gasteiger partial charge in [-0.3, -0.25) is 4.57 Å². The number of ether oxygens (including phenoxy) is 1. The molecular formula is C47H35FN4O. The first-order valence-corrected chi connectivity index (χ1v) is 17.7. The maximum atomic E-state index is 14.5. The molecule has 256 valence electrons. The van der Waals surface area contributed by atoms with Gasteiger partial charge in [-0.1, -0.05) is 97.1 Å². The van der Waals surface area contributed by atoms with E-state index in [-0.39, 0.29) is 5.82 Å². The summed E-state index contributed by atoms with van der Waals surface area (Å²) >= 11 is 0. The van der Waals surface area contributed by atoms with Crippen molar-refractivity contribution in [2.24, 2.45) is 0 Å². The molecule has 0 saturated heterocycles. The number of nitrogens with zero attached hydrogens (tertiary/aromatic N) is 4. The summed E-state index contributed by atoms with van der Waals surface area (Å²) in [5.74, 6) is 1.49. The minimum absolute atomic E-state index is 0.342. The Labute approximate surface area is 307 Å². The van der Waals surface area contributed by atoms with Gasteiger partial charge in [-0.25, -0.2) is 14.1 Å². The lowest BCUT2D eigenvalue weighted by molar-refractivity contribution is 0.482. The van der Waals surface area contributed by atoms with Gasteiger partial charge in [0.2, 0.25) is 0 Å². The van der Waals surface area contributed by atoms with Crippen molar-refractivity contribution in [1.82, 2.24) is 19.3 Å². The predicted octanol–water partition coefficient (Wildman–Crippen LogP) is 12.2. The van der Waals surface area contributed by atoms with Gasteiger partial charge in [0.1, 0.15) is 28.8 Å². The molecule has 0 aliphatic heterocycles. The SMILES string of the molecule is Cc1cc(Oc2ccc3c4ccccc4n(-c4cc(F)ccn4)c3c2)cc(-n2nc(-c3ccccc3)c(-c3c(C)cccc3C)c2-c2ccccc2)c1. The van der Waals surface area contributed by atoms with Crippen molar-refractivity contribution in [3.63, 3.8) is 0 Å². The number of rotatable bonds is 7. The van der Waals surface area contributed by atoms with E-state index in [9.17, 15) is 4.39 Å². The van der Waals surface area contributed by atoms with Crippen molar-refractivity contribution in [1.29, 1.82) is 0 Å². The van der Waals surface area contributed by atoms with Crippen molar-refractivity contribution in [3.8, 4) is 56.6 Å². The molecule has 5 nitrogen and oxygen atoms in total. The molecular weight excluding hydrogens is 656 g/mol. The van der Waals surface area contributed by atoms with E-state index in [1.54, 1.807) is 0 Å². The van der Waals surface area contributed by atoms with Crippen LogP contribution in [0.5, 0.6) is 11.5 Å². The molecule has 3 heterocycles. The molecule has 0 aliphatic carbocycles. The monoisotopic (exact) mass is 690 g/mol. The summed E-state index contributed by atoms with van der Waals surface area (Å²) in [4.78, 5) is 4.52. The van der Waals surface area contributed by atoms with Crippen LogP contribution in [0.2, 0.25) is 0 Å². The maximum absolute atomic E-state index is 14.5. The van der Waals surface area contributed by atoms with Gasteiger partial charge >= 0.3 is 0 Å². The normalized spacial score (nSPS) is 11.4. The number of aromatic nitrogens is 4. The first-order chi connectivity index (χ1) is 25.9. The standard InChI is InChI=1S/C47H35FN4O/c1-30-25-36(28-38(26-30)53-37-21-22-40-39-19-10-11-20-41(39)51(42(40)29-37)43-27-35(48)23-24-49-43)52-47(34-17-8-5-9-18-34)45(44-31(2)13-12-14-32(44)3)46(50-52)33-15-6-4-7-16-33/h4-29H,1-3H3. The number of hydrogen-bond donors (Lipinski definition) is 0. The third-order valence-electron chi connectivity index (χ3n) is 9.81. The van der Waals surface area contributed by atoms with Crippen LogP contribution in [0.25, 0.3) is 67.0 Å². The number of hydrogen-bond acceptors (Lipinski definition) is 3. The van der Waals surface area contributed by atoms with Crippen LogP contribution in [-0.4, -0.2) is 19.3 Å². The highest BCUT2D eigenvalue weighted by Gasteiger charge is 2.25. The molecule has 0 unspecified atom stereocenters. The molecule has 53 heavy (non-hydrogen) atoms. The Kier molecular flexibility index (Phi) is 7.93. The molecule has 0 spiro atoms. The van der Waals surface area contributed by atoms with Gasteiger partial charge in [0.05, 0.1) is 22.4 Å². The van der Waals surface area contributed by atoms with Gasteiger partial charge in [0.15, 0.2) is 0 Å². The number of fused-ring (bicyclic) bond motifs is 3. The lowest BCUT2D eigenvalue weighted by atomic mass is 9.90. The van der Waals surface area contributed by atoms with Crippen molar-refractivity contribution >= 4 is 21.8 Å². The molecule has 0 atom stereocenters. The number of para-hydroxylation sites is 1. The van der Waals surface area contributed by atoms with Crippen LogP contribution < -0.4 is 4.74 Å². The Bertz CT molecular complexity index is 2780. The molecule has 3 aromatic heterocycles. The maximum Gasteiger partial charge on any atom is 0.140 e. The lowest BCUT2D eigenvalue weighted by Gasteiger charge is -2.15. The van der Waals surface area contributed by atoms with E-state index in [1.165, 1.54) is 35.0 Å². The second-order valence-electron chi connectivity index (χ2n) is 13.5. The van der Waals surface area contributed by atoms with Crippen LogP contribution in [0.4, 0.5) is 4.39 Å². The van der Waals surface area contributed by atoms with Gasteiger partial charge in [-0.05, 0) is 79.4 Å². The Balaban J connectivity index is 1.22. The molecule has 0 amide bonds. The number of halogens is 1. The Morgan fingerprint density at radius 3 is 2.02 bits per heavy atom. The fraction of sp³-hybridized carbons (Fsp3) is 0.0638. The number of pyridine rings is 1. The number of benzene rings is 6. The quantitative estimate of drug-likeness (QED) is 0.167. The van der Waals surface area contributed by atoms with Gasteiger partial charge < -0.3 is 4.74 Å². The molecule has 6 aromatic carbocycles. The zero-order chi connectivity index (χ0) is 36.1. The zero-order valence-corrected chi connectivity index (χ0v) is 29.6. The molecule has 0 radical (unpaired) electrons. The van der Waals surface area contributed by atoms with Crippen LogP contribution in [0.15, 0.2) is 158 Å². The van der Waals surface area contributed by atoms with Crippen molar-refractivity contribution in [2.75, 3.05) is 0 Å². The molecule has 6 heteroatoms. The molecule has 0 bridgehead atoms. The summed E-state index contributed by atoms with van der Waals surface area (Å²) in [6.07, 6.45) is 1.49. The second kappa shape index (κ2) is 13.1. The Morgan fingerprint density at radius 1 is 0.566 bits per heavy atom. The van der Waals surface area contributed by atoms with Gasteiger partial charge in [0, 0.05) is 51.9 Å². The molecule has 9 rings (SSSR count). The van der Waals surface area contributed by atoms with Crippen LogP contribution >= 0.6 is 0 Å². The first-order valence-electron chi connectivity index (χ1n) is 17.7. The number of aryl methyl sites for hydroxylation is 3. The van der Waals surface area contributed by atoms with Gasteiger partial charge in [-0.15, -0.1) is 0 Å². The molecule has 9 aromatic rings. The first kappa shape index (κ1) is 32.1. The average molecular weight is 691 g/mol. The molecule has 0 N–H and O–H groups in total. The summed E-state index contributed by atoms with van der Waals surface area (Å²) in [6.45, 7) is 6.41. The van der Waals surface area contributed by atoms with E-state index >= 15 is 0 Å². The fourth-order valence-electron chi connectivity index (χ4n) is 7.53. The smallest absolute Gasteiger partial charge is 0.140 e. The van der Waals surface area contributed by atoms with E-state index in [0.717, 1.165) is 61.1 Å². The Hall–Kier alpha value is -6.79. The van der Waals surface area contributed by atoms with Gasteiger partial charge in [-0.2, -0.15) is 5.10 Å². The second-order valence-corrected chi connectivity index (χ2v) is 13.5. The summed E-state index contributed by atoms with van der Waals surface area (Å²) in [6, 6.07) is 50.5. The zero-order valence-electron chi connectivity index (χ0n) is 29.6. The van der Waals surface area contributed by atoms with Crippen LogP contribution in [-0.2, 0) is 0 Å². The van der Waals surface area contributed by atoms with Crippen LogP contribution in [0.3, 0.4) is 0 Å². The third kappa shape index (κ3) is 5.75. The highest BCUT2D eigenvalue weighted by molar-refractivity contribution is 6.09. The largest absolute Gasteiger partial charge is 0.457 e. The highest BCUT2D eigenvalue weighted by Crippen LogP contribution is 2.44. The molecule has 0 fully saturated rings. The summed E-state index contributed by atoms with van der Waals surface area (Å²) in [7, 11) is 0. The predicted molar refractivity (Wildman–Crippen MR) is 213 cm³/mol. The van der Waals surface area contributed by atoms with E-state index in [2.05, 4.69) is 115 Å². The minimum atomic E-state index is -0.342. The molecule has 0 aliphatic rings. The fourth-order valence-corrected chi connectivity index (χ4v) is 7.53. The van der Waals surface area contributed by atoms with E-state index < -0.39 is 0 Å². The summed E-state index contributed by atoms with van der Waals surface area (Å²) < 4.78 is 25.2. The summed E-state index contributed by atoms with van der Waals surface area (Å²) in [5, 5.41) is 7.50. The van der Waals surface area contributed by atoms with Crippen molar-refractivity contribution < 1.29 is 9.13 Å². The van der Waals surface area contributed by atoms with E-state index in [0.29, 0.717) is 17.3 Å². The van der Waals surface area contributed by atoms with E-state index in [1.807, 2.05) is 59.2 Å². The van der Waals surface area contributed by atoms with Gasteiger partial charge in [0.25, 0.3) is 0 Å². The van der Waals surface area contributed by atoms with Crippen molar-refractivity contribution in [2.45, 2.75) is 20.8 Å². The van der Waals surface area contributed by atoms with Crippen molar-refractivity contribution in [3.05, 3.63) is 180 Å². The highest BCUT2D eigenvalue weighted by atomic mass is 19.1. The topological polar surface area (TPSA) is 44.9 Å².